The number of amides is 1. The molecule has 6 nitrogen and oxygen atoms in total. The Morgan fingerprint density at radius 1 is 1.48 bits per heavy atom. The largest absolute Gasteiger partial charge is 0.490 e. The van der Waals surface area contributed by atoms with Crippen LogP contribution in [0.2, 0.25) is 0 Å². The van der Waals surface area contributed by atoms with Crippen molar-refractivity contribution in [1.82, 2.24) is 14.9 Å². The van der Waals surface area contributed by atoms with Crippen LogP contribution in [0.15, 0.2) is 36.2 Å². The number of rotatable bonds is 4. The Kier molecular flexibility index (Phi) is 4.17. The fourth-order valence-corrected chi connectivity index (χ4v) is 3.34. The molecule has 2 aliphatic heterocycles. The molecule has 1 atom stereocenters. The van der Waals surface area contributed by atoms with E-state index < -0.39 is 0 Å². The summed E-state index contributed by atoms with van der Waals surface area (Å²) in [6, 6.07) is 5.84. The third-order valence-electron chi connectivity index (χ3n) is 4.57. The van der Waals surface area contributed by atoms with Crippen molar-refractivity contribution in [3.63, 3.8) is 0 Å². The van der Waals surface area contributed by atoms with Crippen LogP contribution in [0.3, 0.4) is 0 Å². The normalized spacial score (nSPS) is 18.4. The topological polar surface area (TPSA) is 65.4 Å². The zero-order valence-corrected chi connectivity index (χ0v) is 14.2. The SMILES string of the molecule is CCOc1cccc2c1OCC(C(=O)N[C@@H]1CCc3nccn3C1)=C2. The Hall–Kier alpha value is -2.76. The lowest BCUT2D eigenvalue weighted by Gasteiger charge is -2.26. The number of hydrogen-bond acceptors (Lipinski definition) is 4. The quantitative estimate of drug-likeness (QED) is 0.927. The van der Waals surface area contributed by atoms with Gasteiger partial charge >= 0.3 is 0 Å². The van der Waals surface area contributed by atoms with Gasteiger partial charge in [0, 0.05) is 37.0 Å². The second kappa shape index (κ2) is 6.63. The van der Waals surface area contributed by atoms with Gasteiger partial charge in [-0.25, -0.2) is 4.98 Å². The average molecular weight is 339 g/mol. The predicted molar refractivity (Wildman–Crippen MR) is 93.6 cm³/mol. The highest BCUT2D eigenvalue weighted by Crippen LogP contribution is 2.35. The number of imidazole rings is 1. The van der Waals surface area contributed by atoms with Crippen LogP contribution in [0.5, 0.6) is 11.5 Å². The van der Waals surface area contributed by atoms with Crippen molar-refractivity contribution in [2.24, 2.45) is 0 Å². The van der Waals surface area contributed by atoms with E-state index in [4.69, 9.17) is 9.47 Å². The Balaban J connectivity index is 1.47. The van der Waals surface area contributed by atoms with Gasteiger partial charge < -0.3 is 19.4 Å². The highest BCUT2D eigenvalue weighted by Gasteiger charge is 2.24. The molecule has 1 aromatic carbocycles. The van der Waals surface area contributed by atoms with E-state index in [2.05, 4.69) is 14.9 Å². The fourth-order valence-electron chi connectivity index (χ4n) is 3.34. The Bertz CT molecular complexity index is 825. The van der Waals surface area contributed by atoms with Gasteiger partial charge in [-0.1, -0.05) is 12.1 Å². The summed E-state index contributed by atoms with van der Waals surface area (Å²) in [6.45, 7) is 3.54. The maximum Gasteiger partial charge on any atom is 0.250 e. The van der Waals surface area contributed by atoms with Crippen LogP contribution in [-0.2, 0) is 17.8 Å². The van der Waals surface area contributed by atoms with E-state index >= 15 is 0 Å². The monoisotopic (exact) mass is 339 g/mol. The fraction of sp³-hybridized carbons (Fsp3) is 0.368. The molecule has 0 bridgehead atoms. The van der Waals surface area contributed by atoms with Gasteiger partial charge in [-0.05, 0) is 25.5 Å². The number of hydrogen-bond donors (Lipinski definition) is 1. The van der Waals surface area contributed by atoms with E-state index in [1.54, 1.807) is 0 Å². The first kappa shape index (κ1) is 15.7. The minimum Gasteiger partial charge on any atom is -0.490 e. The maximum absolute atomic E-state index is 12.6. The van der Waals surface area contributed by atoms with Crippen molar-refractivity contribution in [2.75, 3.05) is 13.2 Å². The van der Waals surface area contributed by atoms with Crippen molar-refractivity contribution in [3.8, 4) is 11.5 Å². The Morgan fingerprint density at radius 3 is 3.28 bits per heavy atom. The molecular weight excluding hydrogens is 318 g/mol. The molecule has 1 N–H and O–H groups in total. The molecule has 2 aromatic rings. The number of para-hydroxylation sites is 1. The first-order chi connectivity index (χ1) is 12.2. The molecule has 6 heteroatoms. The average Bonchev–Trinajstić information content (AvgIpc) is 3.09. The van der Waals surface area contributed by atoms with E-state index in [0.29, 0.717) is 17.9 Å². The van der Waals surface area contributed by atoms with Crippen LogP contribution in [-0.4, -0.2) is 34.7 Å². The van der Waals surface area contributed by atoms with Crippen molar-refractivity contribution < 1.29 is 14.3 Å². The van der Waals surface area contributed by atoms with Crippen molar-refractivity contribution in [1.29, 1.82) is 0 Å². The summed E-state index contributed by atoms with van der Waals surface area (Å²) < 4.78 is 13.5. The summed E-state index contributed by atoms with van der Waals surface area (Å²) in [5, 5.41) is 3.12. The molecule has 0 fully saturated rings. The molecule has 25 heavy (non-hydrogen) atoms. The van der Waals surface area contributed by atoms with E-state index in [1.165, 1.54) is 0 Å². The van der Waals surface area contributed by atoms with Crippen LogP contribution in [0, 0.1) is 0 Å². The third-order valence-corrected chi connectivity index (χ3v) is 4.57. The van der Waals surface area contributed by atoms with Gasteiger partial charge in [0.1, 0.15) is 12.4 Å². The van der Waals surface area contributed by atoms with E-state index in [0.717, 1.165) is 36.5 Å². The summed E-state index contributed by atoms with van der Waals surface area (Å²) in [4.78, 5) is 16.9. The lowest BCUT2D eigenvalue weighted by atomic mass is 10.0. The Morgan fingerprint density at radius 2 is 2.40 bits per heavy atom. The number of nitrogens with one attached hydrogen (secondary N) is 1. The molecule has 130 valence electrons. The molecule has 0 saturated heterocycles. The second-order valence-electron chi connectivity index (χ2n) is 6.27. The number of fused-ring (bicyclic) bond motifs is 2. The number of aromatic nitrogens is 2. The van der Waals surface area contributed by atoms with Crippen LogP contribution in [0.4, 0.5) is 0 Å². The molecule has 3 heterocycles. The van der Waals surface area contributed by atoms with E-state index in [-0.39, 0.29) is 18.6 Å². The Labute approximate surface area is 146 Å². The third kappa shape index (κ3) is 3.12. The minimum atomic E-state index is -0.0685. The maximum atomic E-state index is 12.6. The number of carbonyl (C=O) groups excluding carboxylic acids is 1. The number of aryl methyl sites for hydroxylation is 1. The smallest absolute Gasteiger partial charge is 0.250 e. The van der Waals surface area contributed by atoms with Gasteiger partial charge in [0.25, 0.3) is 5.91 Å². The van der Waals surface area contributed by atoms with Gasteiger partial charge in [-0.2, -0.15) is 0 Å². The summed E-state index contributed by atoms with van der Waals surface area (Å²) in [5.74, 6) is 2.45. The van der Waals surface area contributed by atoms with Crippen molar-refractivity contribution >= 4 is 12.0 Å². The lowest BCUT2D eigenvalue weighted by Crippen LogP contribution is -2.42. The first-order valence-electron chi connectivity index (χ1n) is 8.64. The standard InChI is InChI=1S/C19H21N3O3/c1-2-24-16-5-3-4-13-10-14(12-25-18(13)16)19(23)21-15-6-7-17-20-8-9-22(17)11-15/h3-5,8-10,15H,2,6-7,11-12H2,1H3,(H,21,23)/t15-/m1/s1. The lowest BCUT2D eigenvalue weighted by molar-refractivity contribution is -0.118. The molecule has 4 rings (SSSR count). The number of benzene rings is 1. The molecule has 0 spiro atoms. The molecule has 0 radical (unpaired) electrons. The number of nitrogens with zero attached hydrogens (tertiary/aromatic N) is 2. The van der Waals surface area contributed by atoms with Crippen molar-refractivity contribution in [2.45, 2.75) is 32.4 Å². The molecule has 0 aliphatic carbocycles. The zero-order chi connectivity index (χ0) is 17.2. The van der Waals surface area contributed by atoms with Crippen molar-refractivity contribution in [3.05, 3.63) is 47.6 Å². The molecule has 0 saturated carbocycles. The molecule has 1 amide bonds. The van der Waals surface area contributed by atoms with E-state index in [9.17, 15) is 4.79 Å². The summed E-state index contributed by atoms with van der Waals surface area (Å²) in [5.41, 5.74) is 1.51. The van der Waals surface area contributed by atoms with Crippen LogP contribution in [0.25, 0.3) is 6.08 Å². The molecule has 0 unspecified atom stereocenters. The van der Waals surface area contributed by atoms with Gasteiger partial charge in [0.05, 0.1) is 12.2 Å². The summed E-state index contributed by atoms with van der Waals surface area (Å²) in [7, 11) is 0. The summed E-state index contributed by atoms with van der Waals surface area (Å²) >= 11 is 0. The highest BCUT2D eigenvalue weighted by atomic mass is 16.5. The van der Waals surface area contributed by atoms with Gasteiger partial charge in [0.15, 0.2) is 11.5 Å². The second-order valence-corrected chi connectivity index (χ2v) is 6.27. The minimum absolute atomic E-state index is 0.0685. The molecule has 2 aliphatic rings. The van der Waals surface area contributed by atoms with Crippen LogP contribution < -0.4 is 14.8 Å². The van der Waals surface area contributed by atoms with Crippen LogP contribution >= 0.6 is 0 Å². The van der Waals surface area contributed by atoms with Gasteiger partial charge in [-0.15, -0.1) is 0 Å². The first-order valence-corrected chi connectivity index (χ1v) is 8.64. The number of ether oxygens (including phenoxy) is 2. The zero-order valence-electron chi connectivity index (χ0n) is 14.2. The van der Waals surface area contributed by atoms with Crippen LogP contribution in [0.1, 0.15) is 24.7 Å². The molecule has 1 aromatic heterocycles. The molecular formula is C19H21N3O3. The van der Waals surface area contributed by atoms with E-state index in [1.807, 2.05) is 43.6 Å². The highest BCUT2D eigenvalue weighted by molar-refractivity contribution is 5.99. The number of carbonyl (C=O) groups is 1. The van der Waals surface area contributed by atoms with Gasteiger partial charge in [-0.3, -0.25) is 4.79 Å². The van der Waals surface area contributed by atoms with Gasteiger partial charge in [0.2, 0.25) is 0 Å². The summed E-state index contributed by atoms with van der Waals surface area (Å²) in [6.07, 6.45) is 7.45. The predicted octanol–water partition coefficient (Wildman–Crippen LogP) is 2.19.